The second-order valence-corrected chi connectivity index (χ2v) is 5.35. The van der Waals surface area contributed by atoms with Crippen molar-refractivity contribution in [2.24, 2.45) is 7.05 Å². The average molecular weight is 308 g/mol. The molecule has 0 fully saturated rings. The lowest BCUT2D eigenvalue weighted by Crippen LogP contribution is -2.22. The fourth-order valence-corrected chi connectivity index (χ4v) is 2.35. The van der Waals surface area contributed by atoms with Crippen LogP contribution in [0.15, 0.2) is 41.1 Å². The summed E-state index contributed by atoms with van der Waals surface area (Å²) >= 11 is 3.50. The van der Waals surface area contributed by atoms with Gasteiger partial charge in [-0.2, -0.15) is 0 Å². The van der Waals surface area contributed by atoms with E-state index in [0.717, 1.165) is 23.3 Å². The standard InChI is InChI=1S/C14H18BrN3/c1-11(12-4-3-5-13(15)10-12)16-7-6-14-17-8-9-18(14)2/h3-5,8-11,16H,6-7H2,1-2H3. The molecule has 1 aromatic heterocycles. The molecule has 0 saturated heterocycles. The molecule has 0 bridgehead atoms. The Morgan fingerprint density at radius 2 is 2.28 bits per heavy atom. The van der Waals surface area contributed by atoms with Gasteiger partial charge in [0.15, 0.2) is 0 Å². The van der Waals surface area contributed by atoms with Crippen molar-refractivity contribution in [1.29, 1.82) is 0 Å². The van der Waals surface area contributed by atoms with Crippen molar-refractivity contribution in [2.75, 3.05) is 6.54 Å². The highest BCUT2D eigenvalue weighted by atomic mass is 79.9. The number of nitrogens with one attached hydrogen (secondary N) is 1. The van der Waals surface area contributed by atoms with Crippen LogP contribution in [0.25, 0.3) is 0 Å². The lowest BCUT2D eigenvalue weighted by atomic mass is 10.1. The first-order valence-electron chi connectivity index (χ1n) is 6.12. The maximum Gasteiger partial charge on any atom is 0.109 e. The summed E-state index contributed by atoms with van der Waals surface area (Å²) in [6.45, 7) is 3.11. The predicted octanol–water partition coefficient (Wildman–Crippen LogP) is 3.08. The minimum Gasteiger partial charge on any atom is -0.338 e. The van der Waals surface area contributed by atoms with Crippen LogP contribution in [-0.4, -0.2) is 16.1 Å². The number of aromatic nitrogens is 2. The van der Waals surface area contributed by atoms with Gasteiger partial charge in [-0.3, -0.25) is 0 Å². The SMILES string of the molecule is CC(NCCc1nccn1C)c1cccc(Br)c1. The van der Waals surface area contributed by atoms with Gasteiger partial charge in [-0.25, -0.2) is 4.98 Å². The second kappa shape index (κ2) is 6.16. The Morgan fingerprint density at radius 1 is 1.44 bits per heavy atom. The van der Waals surface area contributed by atoms with Gasteiger partial charge >= 0.3 is 0 Å². The quantitative estimate of drug-likeness (QED) is 0.920. The minimum absolute atomic E-state index is 0.350. The molecule has 1 N–H and O–H groups in total. The third-order valence-electron chi connectivity index (χ3n) is 3.07. The van der Waals surface area contributed by atoms with Crippen molar-refractivity contribution in [3.05, 3.63) is 52.5 Å². The highest BCUT2D eigenvalue weighted by Gasteiger charge is 2.05. The number of nitrogens with zero attached hydrogens (tertiary/aromatic N) is 2. The fourth-order valence-electron chi connectivity index (χ4n) is 1.93. The van der Waals surface area contributed by atoms with Crippen LogP contribution >= 0.6 is 15.9 Å². The van der Waals surface area contributed by atoms with Crippen LogP contribution in [0.4, 0.5) is 0 Å². The smallest absolute Gasteiger partial charge is 0.109 e. The van der Waals surface area contributed by atoms with Crippen LogP contribution in [-0.2, 0) is 13.5 Å². The second-order valence-electron chi connectivity index (χ2n) is 4.44. The van der Waals surface area contributed by atoms with E-state index in [2.05, 4.69) is 55.9 Å². The van der Waals surface area contributed by atoms with Crippen molar-refractivity contribution in [1.82, 2.24) is 14.9 Å². The Hall–Kier alpha value is -1.13. The zero-order chi connectivity index (χ0) is 13.0. The minimum atomic E-state index is 0.350. The molecule has 0 spiro atoms. The highest BCUT2D eigenvalue weighted by molar-refractivity contribution is 9.10. The molecule has 4 heteroatoms. The van der Waals surface area contributed by atoms with Crippen LogP contribution in [0, 0.1) is 0 Å². The van der Waals surface area contributed by atoms with Gasteiger partial charge in [-0.05, 0) is 24.6 Å². The summed E-state index contributed by atoms with van der Waals surface area (Å²) in [6, 6.07) is 8.75. The summed E-state index contributed by atoms with van der Waals surface area (Å²) in [5, 5.41) is 3.52. The molecule has 0 aliphatic heterocycles. The summed E-state index contributed by atoms with van der Waals surface area (Å²) < 4.78 is 3.18. The molecule has 0 amide bonds. The Morgan fingerprint density at radius 3 is 2.94 bits per heavy atom. The van der Waals surface area contributed by atoms with Crippen molar-refractivity contribution < 1.29 is 0 Å². The average Bonchev–Trinajstić information content (AvgIpc) is 2.75. The topological polar surface area (TPSA) is 29.9 Å². The number of benzene rings is 1. The number of halogens is 1. The first-order chi connectivity index (χ1) is 8.66. The van der Waals surface area contributed by atoms with E-state index >= 15 is 0 Å². The van der Waals surface area contributed by atoms with Crippen molar-refractivity contribution in [3.63, 3.8) is 0 Å². The van der Waals surface area contributed by atoms with E-state index in [1.54, 1.807) is 0 Å². The maximum absolute atomic E-state index is 4.31. The Kier molecular flexibility index (Phi) is 4.55. The number of hydrogen-bond donors (Lipinski definition) is 1. The van der Waals surface area contributed by atoms with Crippen LogP contribution in [0.3, 0.4) is 0 Å². The van der Waals surface area contributed by atoms with Gasteiger partial charge in [-0.15, -0.1) is 0 Å². The van der Waals surface area contributed by atoms with Gasteiger partial charge in [-0.1, -0.05) is 28.1 Å². The number of aryl methyl sites for hydroxylation is 1. The Balaban J connectivity index is 1.85. The largest absolute Gasteiger partial charge is 0.338 e. The third-order valence-corrected chi connectivity index (χ3v) is 3.56. The molecular weight excluding hydrogens is 290 g/mol. The molecule has 0 saturated carbocycles. The summed E-state index contributed by atoms with van der Waals surface area (Å²) in [7, 11) is 2.03. The van der Waals surface area contributed by atoms with E-state index in [-0.39, 0.29) is 0 Å². The molecule has 1 heterocycles. The summed E-state index contributed by atoms with van der Waals surface area (Å²) in [5.74, 6) is 1.11. The zero-order valence-corrected chi connectivity index (χ0v) is 12.3. The molecule has 0 aliphatic carbocycles. The Bertz CT molecular complexity index is 507. The molecule has 96 valence electrons. The molecule has 2 aromatic rings. The van der Waals surface area contributed by atoms with Gasteiger partial charge in [0, 0.05) is 42.9 Å². The van der Waals surface area contributed by atoms with E-state index in [1.165, 1.54) is 5.56 Å². The van der Waals surface area contributed by atoms with E-state index < -0.39 is 0 Å². The molecular formula is C14H18BrN3. The van der Waals surface area contributed by atoms with Gasteiger partial charge < -0.3 is 9.88 Å². The normalized spacial score (nSPS) is 12.6. The molecule has 1 atom stereocenters. The van der Waals surface area contributed by atoms with Crippen molar-refractivity contribution in [3.8, 4) is 0 Å². The van der Waals surface area contributed by atoms with Crippen molar-refractivity contribution in [2.45, 2.75) is 19.4 Å². The molecule has 2 rings (SSSR count). The van der Waals surface area contributed by atoms with E-state index in [4.69, 9.17) is 0 Å². The first-order valence-corrected chi connectivity index (χ1v) is 6.91. The molecule has 1 unspecified atom stereocenters. The fraction of sp³-hybridized carbons (Fsp3) is 0.357. The summed E-state index contributed by atoms with van der Waals surface area (Å²) in [4.78, 5) is 4.31. The highest BCUT2D eigenvalue weighted by Crippen LogP contribution is 2.17. The third kappa shape index (κ3) is 3.43. The summed E-state index contributed by atoms with van der Waals surface area (Å²) in [5.41, 5.74) is 1.30. The molecule has 1 aromatic carbocycles. The number of rotatable bonds is 5. The number of imidazole rings is 1. The van der Waals surface area contributed by atoms with Crippen molar-refractivity contribution >= 4 is 15.9 Å². The zero-order valence-electron chi connectivity index (χ0n) is 10.7. The van der Waals surface area contributed by atoms with Gasteiger partial charge in [0.1, 0.15) is 5.82 Å². The van der Waals surface area contributed by atoms with Gasteiger partial charge in [0.05, 0.1) is 0 Å². The maximum atomic E-state index is 4.31. The van der Waals surface area contributed by atoms with E-state index in [0.29, 0.717) is 6.04 Å². The monoisotopic (exact) mass is 307 g/mol. The van der Waals surface area contributed by atoms with Gasteiger partial charge in [0.2, 0.25) is 0 Å². The van der Waals surface area contributed by atoms with Crippen LogP contribution in [0.2, 0.25) is 0 Å². The molecule has 18 heavy (non-hydrogen) atoms. The van der Waals surface area contributed by atoms with E-state index in [9.17, 15) is 0 Å². The Labute approximate surface area is 116 Å². The van der Waals surface area contributed by atoms with Crippen LogP contribution in [0.1, 0.15) is 24.4 Å². The molecule has 0 aliphatic rings. The van der Waals surface area contributed by atoms with Crippen LogP contribution < -0.4 is 5.32 Å². The van der Waals surface area contributed by atoms with Crippen LogP contribution in [0.5, 0.6) is 0 Å². The predicted molar refractivity (Wildman–Crippen MR) is 77.5 cm³/mol. The number of hydrogen-bond acceptors (Lipinski definition) is 2. The molecule has 3 nitrogen and oxygen atoms in total. The van der Waals surface area contributed by atoms with Gasteiger partial charge in [0.25, 0.3) is 0 Å². The van der Waals surface area contributed by atoms with E-state index in [1.807, 2.05) is 25.5 Å². The molecule has 0 radical (unpaired) electrons. The lowest BCUT2D eigenvalue weighted by Gasteiger charge is -2.14. The lowest BCUT2D eigenvalue weighted by molar-refractivity contribution is 0.565. The first kappa shape index (κ1) is 13.3. The summed E-state index contributed by atoms with van der Waals surface area (Å²) in [6.07, 6.45) is 4.77.